The number of allylic oxidation sites excluding steroid dienone is 4. The van der Waals surface area contributed by atoms with Crippen LogP contribution < -0.4 is 5.32 Å². The number of carbonyl (C=O) groups excluding carboxylic acids is 1. The number of ketones is 1. The second-order valence-electron chi connectivity index (χ2n) is 4.53. The fourth-order valence-corrected chi connectivity index (χ4v) is 2.67. The Bertz CT molecular complexity index is 309. The summed E-state index contributed by atoms with van der Waals surface area (Å²) in [5.74, 6) is 0.335. The number of piperidine rings is 1. The highest BCUT2D eigenvalue weighted by molar-refractivity contribution is 5.86. The summed E-state index contributed by atoms with van der Waals surface area (Å²) in [6.45, 7) is 7.67. The number of carbonyl (C=O) groups is 1. The molecule has 0 amide bonds. The topological polar surface area (TPSA) is 29.1 Å². The lowest BCUT2D eigenvalue weighted by atomic mass is 9.69. The average molecular weight is 235 g/mol. The molecule has 0 spiro atoms. The van der Waals surface area contributed by atoms with Crippen molar-refractivity contribution in [3.05, 3.63) is 23.8 Å². The molecule has 1 aliphatic carbocycles. The summed E-state index contributed by atoms with van der Waals surface area (Å²) in [5, 5.41) is 3.33. The Hall–Kier alpha value is -0.890. The molecular weight excluding hydrogens is 210 g/mol. The Morgan fingerprint density at radius 3 is 2.35 bits per heavy atom. The van der Waals surface area contributed by atoms with Gasteiger partial charge in [-0.2, -0.15) is 0 Å². The van der Waals surface area contributed by atoms with Crippen LogP contribution in [0, 0.1) is 5.41 Å². The molecule has 1 fully saturated rings. The molecule has 0 radical (unpaired) electrons. The highest BCUT2D eigenvalue weighted by Crippen LogP contribution is 2.39. The molecule has 96 valence electrons. The van der Waals surface area contributed by atoms with Crippen molar-refractivity contribution in [1.82, 2.24) is 5.32 Å². The summed E-state index contributed by atoms with van der Waals surface area (Å²) in [7, 11) is 0. The van der Waals surface area contributed by atoms with Crippen molar-refractivity contribution >= 4 is 5.78 Å². The largest absolute Gasteiger partial charge is 0.317 e. The van der Waals surface area contributed by atoms with Gasteiger partial charge >= 0.3 is 0 Å². The van der Waals surface area contributed by atoms with Crippen LogP contribution in [-0.4, -0.2) is 18.9 Å². The fourth-order valence-electron chi connectivity index (χ4n) is 2.67. The van der Waals surface area contributed by atoms with Crippen LogP contribution in [0.3, 0.4) is 0 Å². The predicted octanol–water partition coefficient (Wildman–Crippen LogP) is 3.25. The molecule has 1 aliphatic heterocycles. The first kappa shape index (κ1) is 14.2. The summed E-state index contributed by atoms with van der Waals surface area (Å²) in [6, 6.07) is 0. The molecule has 17 heavy (non-hydrogen) atoms. The first-order valence-electron chi connectivity index (χ1n) is 6.85. The van der Waals surface area contributed by atoms with Gasteiger partial charge in [-0.1, -0.05) is 32.1 Å². The third-order valence-corrected chi connectivity index (χ3v) is 3.68. The van der Waals surface area contributed by atoms with E-state index in [9.17, 15) is 4.79 Å². The molecule has 1 N–H and O–H groups in total. The Labute approximate surface area is 105 Å². The number of rotatable bonds is 2. The maximum Gasteiger partial charge on any atom is 0.140 e. The zero-order valence-electron chi connectivity index (χ0n) is 11.4. The number of hydrogen-bond acceptors (Lipinski definition) is 2. The maximum atomic E-state index is 11.9. The molecular formula is C15H25NO. The molecule has 2 heteroatoms. The van der Waals surface area contributed by atoms with Crippen LogP contribution >= 0.6 is 0 Å². The standard InChI is InChI=1S/C13H19NO.C2H6/c1-11(15)13(7-9-14-10-8-13)12-5-3-2-4-6-12;1-2/h3,5-6,14H,2,4,7-10H2,1H3;1-2H3. The van der Waals surface area contributed by atoms with Gasteiger partial charge in [-0.05, 0) is 51.3 Å². The lowest BCUT2D eigenvalue weighted by Gasteiger charge is -2.37. The van der Waals surface area contributed by atoms with Gasteiger partial charge in [0.2, 0.25) is 0 Å². The van der Waals surface area contributed by atoms with E-state index in [1.807, 2.05) is 13.8 Å². The predicted molar refractivity (Wildman–Crippen MR) is 73.0 cm³/mol. The monoisotopic (exact) mass is 235 g/mol. The van der Waals surface area contributed by atoms with Gasteiger partial charge in [-0.15, -0.1) is 0 Å². The van der Waals surface area contributed by atoms with Crippen LogP contribution in [0.5, 0.6) is 0 Å². The summed E-state index contributed by atoms with van der Waals surface area (Å²) < 4.78 is 0. The van der Waals surface area contributed by atoms with Crippen molar-refractivity contribution in [3.8, 4) is 0 Å². The van der Waals surface area contributed by atoms with Gasteiger partial charge in [0, 0.05) is 0 Å². The lowest BCUT2D eigenvalue weighted by molar-refractivity contribution is -0.125. The van der Waals surface area contributed by atoms with Crippen molar-refractivity contribution < 1.29 is 4.79 Å². The minimum Gasteiger partial charge on any atom is -0.317 e. The first-order valence-corrected chi connectivity index (χ1v) is 6.85. The van der Waals surface area contributed by atoms with Crippen molar-refractivity contribution in [1.29, 1.82) is 0 Å². The second kappa shape index (κ2) is 6.75. The third kappa shape index (κ3) is 3.06. The van der Waals surface area contributed by atoms with E-state index in [1.54, 1.807) is 6.92 Å². The van der Waals surface area contributed by atoms with E-state index < -0.39 is 0 Å². The van der Waals surface area contributed by atoms with Crippen LogP contribution in [0.25, 0.3) is 0 Å². The van der Waals surface area contributed by atoms with E-state index in [2.05, 4.69) is 23.5 Å². The van der Waals surface area contributed by atoms with Gasteiger partial charge < -0.3 is 5.32 Å². The Morgan fingerprint density at radius 2 is 1.88 bits per heavy atom. The van der Waals surface area contributed by atoms with Crippen LogP contribution in [0.1, 0.15) is 46.5 Å². The van der Waals surface area contributed by atoms with E-state index >= 15 is 0 Å². The van der Waals surface area contributed by atoms with E-state index in [0.29, 0.717) is 5.78 Å². The van der Waals surface area contributed by atoms with Gasteiger partial charge in [0.15, 0.2) is 0 Å². The fraction of sp³-hybridized carbons (Fsp3) is 0.667. The number of Topliss-reactive ketones (excluding diaryl/α,β-unsaturated/α-hetero) is 1. The Kier molecular flexibility index (Phi) is 5.63. The summed E-state index contributed by atoms with van der Waals surface area (Å²) in [6.07, 6.45) is 10.7. The number of nitrogens with one attached hydrogen (secondary N) is 1. The first-order chi connectivity index (χ1) is 8.26. The van der Waals surface area contributed by atoms with Gasteiger partial charge in [0.1, 0.15) is 5.78 Å². The molecule has 1 saturated heterocycles. The second-order valence-corrected chi connectivity index (χ2v) is 4.53. The zero-order chi connectivity index (χ0) is 12.7. The van der Waals surface area contributed by atoms with Gasteiger partial charge in [0.25, 0.3) is 0 Å². The van der Waals surface area contributed by atoms with Crippen molar-refractivity contribution in [2.75, 3.05) is 13.1 Å². The minimum absolute atomic E-state index is 0.178. The molecule has 0 aromatic rings. The Balaban J connectivity index is 0.000000686. The molecule has 0 bridgehead atoms. The normalized spacial score (nSPS) is 22.2. The van der Waals surface area contributed by atoms with E-state index in [-0.39, 0.29) is 5.41 Å². The molecule has 2 nitrogen and oxygen atoms in total. The minimum atomic E-state index is -0.178. The highest BCUT2D eigenvalue weighted by Gasteiger charge is 2.39. The molecule has 0 unspecified atom stereocenters. The molecule has 1 heterocycles. The summed E-state index contributed by atoms with van der Waals surface area (Å²) in [4.78, 5) is 11.9. The van der Waals surface area contributed by atoms with Gasteiger partial charge in [-0.25, -0.2) is 0 Å². The molecule has 2 aliphatic rings. The SMILES string of the molecule is CC.CC(=O)C1(C2=CCCC=C2)CCNCC1. The van der Waals surface area contributed by atoms with E-state index in [0.717, 1.165) is 38.8 Å². The van der Waals surface area contributed by atoms with Crippen molar-refractivity contribution in [3.63, 3.8) is 0 Å². The van der Waals surface area contributed by atoms with Gasteiger partial charge in [0.05, 0.1) is 5.41 Å². The molecule has 2 rings (SSSR count). The van der Waals surface area contributed by atoms with Crippen molar-refractivity contribution in [2.24, 2.45) is 5.41 Å². The summed E-state index contributed by atoms with van der Waals surface area (Å²) in [5.41, 5.74) is 1.09. The quantitative estimate of drug-likeness (QED) is 0.796. The molecule has 0 aromatic heterocycles. The van der Waals surface area contributed by atoms with Gasteiger partial charge in [-0.3, -0.25) is 4.79 Å². The van der Waals surface area contributed by atoms with E-state index in [1.165, 1.54) is 5.57 Å². The van der Waals surface area contributed by atoms with Crippen LogP contribution in [0.4, 0.5) is 0 Å². The smallest absolute Gasteiger partial charge is 0.140 e. The maximum absolute atomic E-state index is 11.9. The Morgan fingerprint density at radius 1 is 1.24 bits per heavy atom. The lowest BCUT2D eigenvalue weighted by Crippen LogP contribution is -2.42. The number of hydrogen-bond donors (Lipinski definition) is 1. The van der Waals surface area contributed by atoms with Crippen LogP contribution in [-0.2, 0) is 4.79 Å². The zero-order valence-corrected chi connectivity index (χ0v) is 11.4. The van der Waals surface area contributed by atoms with E-state index in [4.69, 9.17) is 0 Å². The van der Waals surface area contributed by atoms with Crippen molar-refractivity contribution in [2.45, 2.75) is 46.5 Å². The highest BCUT2D eigenvalue weighted by atomic mass is 16.1. The molecule has 0 atom stereocenters. The molecule has 0 aromatic carbocycles. The van der Waals surface area contributed by atoms with Crippen LogP contribution in [0.2, 0.25) is 0 Å². The summed E-state index contributed by atoms with van der Waals surface area (Å²) >= 11 is 0. The third-order valence-electron chi connectivity index (χ3n) is 3.68. The van der Waals surface area contributed by atoms with Crippen LogP contribution in [0.15, 0.2) is 23.8 Å². The molecule has 0 saturated carbocycles. The average Bonchev–Trinajstić information content (AvgIpc) is 2.42.